The summed E-state index contributed by atoms with van der Waals surface area (Å²) >= 11 is 0. The van der Waals surface area contributed by atoms with Gasteiger partial charge in [-0.05, 0) is 82.1 Å². The van der Waals surface area contributed by atoms with Crippen LogP contribution in [-0.4, -0.2) is 90.0 Å². The molecule has 0 radical (unpaired) electrons. The largest absolute Gasteiger partial charge is 0.444 e. The molecule has 6 amide bonds. The van der Waals surface area contributed by atoms with Gasteiger partial charge in [0.2, 0.25) is 11.8 Å². The Morgan fingerprint density at radius 3 is 1.06 bits per heavy atom. The second-order valence-electron chi connectivity index (χ2n) is 18.0. The number of imide groups is 2. The standard InChI is InChI=1S/C35H60N4O8/c1-30(2,3)24-36(26(42)34(13,14)38(24)28(44)46-32(7,8)9)22(40)20-18-17-19-21-23(41)37-25(31(4,5)6)39(35(15,16)27(37)43)29(45)47-33(10,11)12/h24-25H,17-21H2,1-16H3/t24-,25-/m0/s1. The lowest BCUT2D eigenvalue weighted by atomic mass is 9.90. The van der Waals surface area contributed by atoms with E-state index in [0.29, 0.717) is 19.3 Å². The minimum atomic E-state index is -1.30. The Morgan fingerprint density at radius 1 is 0.553 bits per heavy atom. The quantitative estimate of drug-likeness (QED) is 0.296. The van der Waals surface area contributed by atoms with Crippen LogP contribution in [0.15, 0.2) is 0 Å². The Bertz CT molecular complexity index is 1160. The van der Waals surface area contributed by atoms with Crippen LogP contribution in [0.4, 0.5) is 9.59 Å². The molecule has 0 unspecified atom stereocenters. The van der Waals surface area contributed by atoms with Crippen molar-refractivity contribution in [3.63, 3.8) is 0 Å². The lowest BCUT2D eigenvalue weighted by Gasteiger charge is -2.41. The molecule has 268 valence electrons. The number of amides is 6. The molecular formula is C35H60N4O8. The monoisotopic (exact) mass is 664 g/mol. The highest BCUT2D eigenvalue weighted by Crippen LogP contribution is 2.43. The molecule has 12 nitrogen and oxygen atoms in total. The molecule has 2 aliphatic heterocycles. The van der Waals surface area contributed by atoms with Crippen molar-refractivity contribution in [3.8, 4) is 0 Å². The molecule has 0 aromatic heterocycles. The number of carbonyl (C=O) groups is 6. The van der Waals surface area contributed by atoms with E-state index in [1.165, 1.54) is 19.6 Å². The minimum absolute atomic E-state index is 0.0391. The Labute approximate surface area is 281 Å². The van der Waals surface area contributed by atoms with Gasteiger partial charge >= 0.3 is 12.2 Å². The summed E-state index contributed by atoms with van der Waals surface area (Å²) in [6.07, 6.45) is -1.67. The first-order valence-electron chi connectivity index (χ1n) is 16.6. The number of nitrogens with zero attached hydrogens (tertiary/aromatic N) is 4. The maximum absolute atomic E-state index is 13.6. The Morgan fingerprint density at radius 2 is 0.830 bits per heavy atom. The van der Waals surface area contributed by atoms with Crippen LogP contribution in [0.5, 0.6) is 0 Å². The summed E-state index contributed by atoms with van der Waals surface area (Å²) < 4.78 is 11.3. The molecule has 2 aliphatic rings. The molecule has 0 aromatic carbocycles. The lowest BCUT2D eigenvalue weighted by molar-refractivity contribution is -0.148. The van der Waals surface area contributed by atoms with Crippen molar-refractivity contribution in [2.24, 2.45) is 10.8 Å². The van der Waals surface area contributed by atoms with E-state index in [2.05, 4.69) is 0 Å². The zero-order valence-corrected chi connectivity index (χ0v) is 31.7. The van der Waals surface area contributed by atoms with Gasteiger partial charge in [0.05, 0.1) is 0 Å². The molecule has 2 fully saturated rings. The number of rotatable bonds is 6. The number of hydrogen-bond donors (Lipinski definition) is 0. The van der Waals surface area contributed by atoms with Gasteiger partial charge in [-0.1, -0.05) is 48.0 Å². The number of unbranched alkanes of at least 4 members (excludes halogenated alkanes) is 2. The summed E-state index contributed by atoms with van der Waals surface area (Å²) in [6.45, 7) is 28.1. The SMILES string of the molecule is CC(C)(C)OC(=O)N1[C@@H](C(C)(C)C)N(C(=O)CCCCCC(=O)N2C(=O)C(C)(C)N(C(=O)OC(C)(C)C)[C@H]2C(C)(C)C)C(=O)C1(C)C. The van der Waals surface area contributed by atoms with Crippen LogP contribution in [-0.2, 0) is 28.7 Å². The molecule has 2 heterocycles. The predicted molar refractivity (Wildman–Crippen MR) is 178 cm³/mol. The molecule has 2 rings (SSSR count). The third-order valence-corrected chi connectivity index (χ3v) is 8.22. The Kier molecular flexibility index (Phi) is 11.1. The molecule has 0 bridgehead atoms. The van der Waals surface area contributed by atoms with Crippen LogP contribution >= 0.6 is 0 Å². The molecule has 0 N–H and O–H groups in total. The average Bonchev–Trinajstić information content (AvgIpc) is 3.19. The van der Waals surface area contributed by atoms with Crippen LogP contribution in [0.1, 0.15) is 143 Å². The van der Waals surface area contributed by atoms with E-state index in [1.54, 1.807) is 69.2 Å². The van der Waals surface area contributed by atoms with Crippen molar-refractivity contribution in [2.45, 2.75) is 177 Å². The second-order valence-corrected chi connectivity index (χ2v) is 18.0. The maximum Gasteiger partial charge on any atom is 0.412 e. The molecule has 2 atom stereocenters. The summed E-state index contributed by atoms with van der Waals surface area (Å²) in [7, 11) is 0. The van der Waals surface area contributed by atoms with Crippen molar-refractivity contribution in [1.29, 1.82) is 0 Å². The molecular weight excluding hydrogens is 604 g/mol. The third kappa shape index (κ3) is 8.65. The summed E-state index contributed by atoms with van der Waals surface area (Å²) in [5.41, 5.74) is -5.48. The summed E-state index contributed by atoms with van der Waals surface area (Å²) in [4.78, 5) is 86.2. The van der Waals surface area contributed by atoms with Gasteiger partial charge < -0.3 is 9.47 Å². The van der Waals surface area contributed by atoms with Crippen LogP contribution in [0.2, 0.25) is 0 Å². The van der Waals surface area contributed by atoms with Gasteiger partial charge in [0.25, 0.3) is 11.8 Å². The van der Waals surface area contributed by atoms with Gasteiger partial charge in [-0.15, -0.1) is 0 Å². The highest BCUT2D eigenvalue weighted by atomic mass is 16.6. The fourth-order valence-electron chi connectivity index (χ4n) is 6.16. The average molecular weight is 665 g/mol. The third-order valence-electron chi connectivity index (χ3n) is 8.22. The maximum atomic E-state index is 13.6. The van der Waals surface area contributed by atoms with Crippen LogP contribution in [0, 0.1) is 10.8 Å². The smallest absolute Gasteiger partial charge is 0.412 e. The number of carbonyl (C=O) groups excluding carboxylic acids is 6. The summed E-state index contributed by atoms with van der Waals surface area (Å²) in [5, 5.41) is 0. The number of ether oxygens (including phenoxy) is 2. The fraction of sp³-hybridized carbons (Fsp3) is 0.829. The van der Waals surface area contributed by atoms with Crippen LogP contribution in [0.25, 0.3) is 0 Å². The molecule has 0 aromatic rings. The Balaban J connectivity index is 2.16. The van der Waals surface area contributed by atoms with E-state index in [-0.39, 0.29) is 12.8 Å². The van der Waals surface area contributed by atoms with Crippen LogP contribution in [0.3, 0.4) is 0 Å². The Hall–Kier alpha value is -3.18. The topological polar surface area (TPSA) is 134 Å². The predicted octanol–water partition coefficient (Wildman–Crippen LogP) is 6.45. The second kappa shape index (κ2) is 13.0. The highest BCUT2D eigenvalue weighted by molar-refractivity contribution is 6.05. The van der Waals surface area contributed by atoms with E-state index in [9.17, 15) is 28.8 Å². The minimum Gasteiger partial charge on any atom is -0.444 e. The fourth-order valence-corrected chi connectivity index (χ4v) is 6.16. The zero-order valence-electron chi connectivity index (χ0n) is 31.7. The molecule has 2 saturated heterocycles. The van der Waals surface area contributed by atoms with Crippen molar-refractivity contribution in [3.05, 3.63) is 0 Å². The molecule has 12 heteroatoms. The van der Waals surface area contributed by atoms with Crippen LogP contribution < -0.4 is 0 Å². The van der Waals surface area contributed by atoms with Gasteiger partial charge in [-0.2, -0.15) is 0 Å². The van der Waals surface area contributed by atoms with Crippen molar-refractivity contribution >= 4 is 35.8 Å². The first-order valence-corrected chi connectivity index (χ1v) is 16.6. The van der Waals surface area contributed by atoms with Crippen molar-refractivity contribution in [1.82, 2.24) is 19.6 Å². The van der Waals surface area contributed by atoms with Gasteiger partial charge in [0, 0.05) is 23.7 Å². The lowest BCUT2D eigenvalue weighted by Crippen LogP contribution is -2.56. The first-order chi connectivity index (χ1) is 20.9. The molecule has 47 heavy (non-hydrogen) atoms. The van der Waals surface area contributed by atoms with Gasteiger partial charge in [0.1, 0.15) is 34.6 Å². The van der Waals surface area contributed by atoms with Crippen molar-refractivity contribution in [2.75, 3.05) is 0 Å². The van der Waals surface area contributed by atoms with E-state index in [4.69, 9.17) is 9.47 Å². The van der Waals surface area contributed by atoms with Gasteiger partial charge in [-0.3, -0.25) is 38.8 Å². The summed E-state index contributed by atoms with van der Waals surface area (Å²) in [5.74, 6) is -1.75. The normalized spacial score (nSPS) is 21.8. The molecule has 0 spiro atoms. The van der Waals surface area contributed by atoms with E-state index < -0.39 is 81.3 Å². The van der Waals surface area contributed by atoms with Gasteiger partial charge in [-0.25, -0.2) is 9.59 Å². The van der Waals surface area contributed by atoms with E-state index in [1.807, 2.05) is 41.5 Å². The van der Waals surface area contributed by atoms with E-state index in [0.717, 1.165) is 0 Å². The summed E-state index contributed by atoms with van der Waals surface area (Å²) in [6, 6.07) is 0. The zero-order chi connectivity index (χ0) is 36.9. The number of hydrogen-bond acceptors (Lipinski definition) is 8. The molecule has 0 aliphatic carbocycles. The van der Waals surface area contributed by atoms with E-state index >= 15 is 0 Å². The molecule has 0 saturated carbocycles. The highest BCUT2D eigenvalue weighted by Gasteiger charge is 2.61. The van der Waals surface area contributed by atoms with Gasteiger partial charge in [0.15, 0.2) is 0 Å². The van der Waals surface area contributed by atoms with Crippen molar-refractivity contribution < 1.29 is 38.2 Å². The first kappa shape index (κ1) is 40.0.